The number of carbonyl (C=O) groups excluding carboxylic acids is 1. The maximum absolute atomic E-state index is 12.9. The average molecular weight is 362 g/mol. The molecule has 1 atom stereocenters. The number of carbonyl (C=O) groups is 1. The summed E-state index contributed by atoms with van der Waals surface area (Å²) in [5.41, 5.74) is 1.39. The van der Waals surface area contributed by atoms with E-state index in [0.29, 0.717) is 12.1 Å². The zero-order chi connectivity index (χ0) is 17.9. The van der Waals surface area contributed by atoms with E-state index >= 15 is 0 Å². The van der Waals surface area contributed by atoms with Gasteiger partial charge in [-0.1, -0.05) is 18.2 Å². The highest BCUT2D eigenvalue weighted by Gasteiger charge is 2.28. The van der Waals surface area contributed by atoms with Crippen LogP contribution in [-0.4, -0.2) is 54.4 Å². The van der Waals surface area contributed by atoms with E-state index in [2.05, 4.69) is 9.82 Å². The molecule has 1 N–H and O–H groups in total. The largest absolute Gasteiger partial charge is 0.334 e. The molecule has 2 heterocycles. The number of piperidine rings is 1. The Bertz CT molecular complexity index is 833. The number of sulfonamides is 1. The summed E-state index contributed by atoms with van der Waals surface area (Å²) in [5.74, 6) is -0.109. The quantitative estimate of drug-likeness (QED) is 0.872. The number of rotatable bonds is 5. The third-order valence-corrected chi connectivity index (χ3v) is 5.01. The van der Waals surface area contributed by atoms with Gasteiger partial charge in [-0.2, -0.15) is 5.10 Å². The Hall–Kier alpha value is -2.19. The number of likely N-dealkylation sites (tertiary alicyclic amines) is 1. The molecule has 1 unspecified atom stereocenters. The Labute approximate surface area is 147 Å². The topological polar surface area (TPSA) is 84.3 Å². The molecule has 0 aliphatic carbocycles. The van der Waals surface area contributed by atoms with E-state index in [1.54, 1.807) is 22.0 Å². The number of amides is 1. The SMILES string of the molecule is CS(=O)(=O)NCC1CCCCN1C(=O)c1cnn(-c2ccccc2)c1. The van der Waals surface area contributed by atoms with Gasteiger partial charge in [-0.15, -0.1) is 0 Å². The van der Waals surface area contributed by atoms with Crippen LogP contribution in [0.5, 0.6) is 0 Å². The van der Waals surface area contributed by atoms with Gasteiger partial charge in [0.25, 0.3) is 5.91 Å². The molecule has 1 aliphatic rings. The normalized spacial score (nSPS) is 18.3. The molecule has 3 rings (SSSR count). The molecule has 0 saturated carbocycles. The number of para-hydroxylation sites is 1. The van der Waals surface area contributed by atoms with Crippen LogP contribution in [0.15, 0.2) is 42.7 Å². The first-order valence-corrected chi connectivity index (χ1v) is 10.2. The van der Waals surface area contributed by atoms with Crippen molar-refractivity contribution in [1.29, 1.82) is 0 Å². The highest BCUT2D eigenvalue weighted by atomic mass is 32.2. The Kier molecular flexibility index (Phi) is 5.19. The zero-order valence-electron chi connectivity index (χ0n) is 14.1. The van der Waals surface area contributed by atoms with Crippen LogP contribution >= 0.6 is 0 Å². The minimum absolute atomic E-state index is 0.109. The molecule has 1 aliphatic heterocycles. The highest BCUT2D eigenvalue weighted by Crippen LogP contribution is 2.20. The standard InChI is InChI=1S/C17H22N4O3S/c1-25(23,24)19-12-16-9-5-6-10-20(16)17(22)14-11-18-21(13-14)15-7-3-2-4-8-15/h2-4,7-8,11,13,16,19H,5-6,9-10,12H2,1H3. The maximum atomic E-state index is 12.9. The lowest BCUT2D eigenvalue weighted by Crippen LogP contribution is -2.49. The number of nitrogens with zero attached hydrogens (tertiary/aromatic N) is 3. The molecule has 0 radical (unpaired) electrons. The van der Waals surface area contributed by atoms with Gasteiger partial charge in [0.2, 0.25) is 10.0 Å². The molecular weight excluding hydrogens is 340 g/mol. The first kappa shape index (κ1) is 17.6. The third kappa shape index (κ3) is 4.46. The van der Waals surface area contributed by atoms with Gasteiger partial charge in [0.05, 0.1) is 23.7 Å². The molecule has 1 amide bonds. The smallest absolute Gasteiger partial charge is 0.257 e. The fraction of sp³-hybridized carbons (Fsp3) is 0.412. The summed E-state index contributed by atoms with van der Waals surface area (Å²) in [4.78, 5) is 14.6. The number of aromatic nitrogens is 2. The molecule has 0 bridgehead atoms. The van der Waals surface area contributed by atoms with Gasteiger partial charge < -0.3 is 4.90 Å². The van der Waals surface area contributed by atoms with E-state index in [0.717, 1.165) is 31.2 Å². The van der Waals surface area contributed by atoms with Gasteiger partial charge in [0, 0.05) is 25.3 Å². The van der Waals surface area contributed by atoms with Crippen LogP contribution in [0.1, 0.15) is 29.6 Å². The fourth-order valence-electron chi connectivity index (χ4n) is 3.05. The summed E-state index contributed by atoms with van der Waals surface area (Å²) in [5, 5.41) is 4.27. The van der Waals surface area contributed by atoms with Crippen LogP contribution in [0, 0.1) is 0 Å². The summed E-state index contributed by atoms with van der Waals surface area (Å²) in [7, 11) is -3.27. The Morgan fingerprint density at radius 1 is 1.28 bits per heavy atom. The van der Waals surface area contributed by atoms with Crippen LogP contribution < -0.4 is 4.72 Å². The Morgan fingerprint density at radius 2 is 2.04 bits per heavy atom. The maximum Gasteiger partial charge on any atom is 0.257 e. The second-order valence-electron chi connectivity index (χ2n) is 6.28. The van der Waals surface area contributed by atoms with Crippen molar-refractivity contribution in [2.24, 2.45) is 0 Å². The van der Waals surface area contributed by atoms with Crippen molar-refractivity contribution < 1.29 is 13.2 Å². The van der Waals surface area contributed by atoms with Gasteiger partial charge in [-0.3, -0.25) is 4.79 Å². The second kappa shape index (κ2) is 7.37. The number of hydrogen-bond acceptors (Lipinski definition) is 4. The minimum atomic E-state index is -3.27. The number of hydrogen-bond donors (Lipinski definition) is 1. The van der Waals surface area contributed by atoms with Crippen LogP contribution in [0.25, 0.3) is 5.69 Å². The van der Waals surface area contributed by atoms with Crippen LogP contribution in [-0.2, 0) is 10.0 Å². The molecule has 1 aromatic carbocycles. The molecule has 7 nitrogen and oxygen atoms in total. The van der Waals surface area contributed by atoms with E-state index in [4.69, 9.17) is 0 Å². The van der Waals surface area contributed by atoms with E-state index in [-0.39, 0.29) is 18.5 Å². The fourth-order valence-corrected chi connectivity index (χ4v) is 3.54. The van der Waals surface area contributed by atoms with Crippen molar-refractivity contribution in [2.45, 2.75) is 25.3 Å². The van der Waals surface area contributed by atoms with Crippen molar-refractivity contribution >= 4 is 15.9 Å². The Morgan fingerprint density at radius 3 is 2.76 bits per heavy atom. The van der Waals surface area contributed by atoms with Crippen molar-refractivity contribution in [1.82, 2.24) is 19.4 Å². The van der Waals surface area contributed by atoms with Gasteiger partial charge in [0.1, 0.15) is 0 Å². The summed E-state index contributed by atoms with van der Waals surface area (Å²) >= 11 is 0. The third-order valence-electron chi connectivity index (χ3n) is 4.32. The van der Waals surface area contributed by atoms with Gasteiger partial charge in [-0.05, 0) is 31.4 Å². The first-order valence-electron chi connectivity index (χ1n) is 8.30. The lowest BCUT2D eigenvalue weighted by molar-refractivity contribution is 0.0619. The molecule has 8 heteroatoms. The molecule has 1 aromatic heterocycles. The Balaban J connectivity index is 1.75. The van der Waals surface area contributed by atoms with Crippen LogP contribution in [0.3, 0.4) is 0 Å². The van der Waals surface area contributed by atoms with Gasteiger partial charge in [0.15, 0.2) is 0 Å². The summed E-state index contributed by atoms with van der Waals surface area (Å²) in [6.07, 6.45) is 7.11. The number of nitrogens with one attached hydrogen (secondary N) is 1. The molecule has 25 heavy (non-hydrogen) atoms. The van der Waals surface area contributed by atoms with Gasteiger partial charge in [-0.25, -0.2) is 17.8 Å². The van der Waals surface area contributed by atoms with Crippen molar-refractivity contribution in [3.63, 3.8) is 0 Å². The lowest BCUT2D eigenvalue weighted by Gasteiger charge is -2.35. The molecule has 134 valence electrons. The predicted octanol–water partition coefficient (Wildman–Crippen LogP) is 1.42. The van der Waals surface area contributed by atoms with E-state index < -0.39 is 10.0 Å². The average Bonchev–Trinajstić information content (AvgIpc) is 3.10. The number of benzene rings is 1. The first-order chi connectivity index (χ1) is 11.9. The van der Waals surface area contributed by atoms with Crippen molar-refractivity contribution in [3.8, 4) is 5.69 Å². The summed E-state index contributed by atoms with van der Waals surface area (Å²) < 4.78 is 26.9. The highest BCUT2D eigenvalue weighted by molar-refractivity contribution is 7.88. The molecule has 2 aromatic rings. The molecule has 1 fully saturated rings. The van der Waals surface area contributed by atoms with Crippen molar-refractivity contribution in [2.75, 3.05) is 19.3 Å². The lowest BCUT2D eigenvalue weighted by atomic mass is 10.0. The van der Waals surface area contributed by atoms with E-state index in [1.807, 2.05) is 30.3 Å². The second-order valence-corrected chi connectivity index (χ2v) is 8.11. The van der Waals surface area contributed by atoms with Crippen LogP contribution in [0.2, 0.25) is 0 Å². The van der Waals surface area contributed by atoms with Crippen molar-refractivity contribution in [3.05, 3.63) is 48.3 Å². The summed E-state index contributed by atoms with van der Waals surface area (Å²) in [6.45, 7) is 0.878. The molecule has 1 saturated heterocycles. The molecular formula is C17H22N4O3S. The van der Waals surface area contributed by atoms with Crippen LogP contribution in [0.4, 0.5) is 0 Å². The van der Waals surface area contributed by atoms with E-state index in [9.17, 15) is 13.2 Å². The van der Waals surface area contributed by atoms with Gasteiger partial charge >= 0.3 is 0 Å². The molecule has 0 spiro atoms. The summed E-state index contributed by atoms with van der Waals surface area (Å²) in [6, 6.07) is 9.45. The monoisotopic (exact) mass is 362 g/mol. The zero-order valence-corrected chi connectivity index (χ0v) is 14.9. The van der Waals surface area contributed by atoms with E-state index in [1.165, 1.54) is 0 Å². The minimum Gasteiger partial charge on any atom is -0.334 e. The predicted molar refractivity (Wildman–Crippen MR) is 95.1 cm³/mol.